The second-order valence-corrected chi connectivity index (χ2v) is 27.0. The Hall–Kier alpha value is -3.69. The van der Waals surface area contributed by atoms with E-state index < -0.39 is 40.3 Å². The quantitative estimate of drug-likeness (QED) is 0.0234. The van der Waals surface area contributed by atoms with Crippen LogP contribution in [0.4, 0.5) is 0 Å². The minimum atomic E-state index is -1.46. The monoisotopic (exact) mass is 1100 g/mol. The van der Waals surface area contributed by atoms with Crippen LogP contribution in [0.3, 0.4) is 0 Å². The minimum Gasteiger partial charge on any atom is -0.289 e. The smallest absolute Gasteiger partial charge is 0.289 e. The van der Waals surface area contributed by atoms with Crippen LogP contribution in [0, 0.1) is 12.3 Å². The van der Waals surface area contributed by atoms with Crippen LogP contribution in [0.15, 0.2) is 243 Å². The molecule has 0 heterocycles. The van der Waals surface area contributed by atoms with Gasteiger partial charge in [-0.3, -0.25) is 12.3 Å². The van der Waals surface area contributed by atoms with Crippen LogP contribution in [0.25, 0.3) is 0 Å². The van der Waals surface area contributed by atoms with Gasteiger partial charge in [-0.25, -0.2) is 15.8 Å². The Bertz CT molecular complexity index is 2020. The maximum Gasteiger partial charge on any atom is 2.00 e. The summed E-state index contributed by atoms with van der Waals surface area (Å²) in [6, 6.07) is 87.6. The van der Waals surface area contributed by atoms with Crippen LogP contribution in [0.5, 0.6) is 0 Å². The Labute approximate surface area is 456 Å². The van der Waals surface area contributed by atoms with Crippen molar-refractivity contribution >= 4 is 82.7 Å². The second kappa shape index (κ2) is 37.1. The fourth-order valence-corrected chi connectivity index (χ4v) is 18.4. The summed E-state index contributed by atoms with van der Waals surface area (Å²) in [7, 11) is -3.21. The number of benzene rings is 8. The Kier molecular flexibility index (Phi) is 30.6. The average molecular weight is 1100 g/mol. The SMILES string of the molecule is CCCCO[PH+](OCCCC)OCCCC.[Fe+2].c1ccc(P([CH-]CP(c2ccccc2)c2ccccc2)c2ccccc2)cc1.c1ccc(P([CH-]CP(c2ccccc2)c2ccccc2)c2ccccc2)cc1. The van der Waals surface area contributed by atoms with E-state index in [1.165, 1.54) is 42.4 Å². The summed E-state index contributed by atoms with van der Waals surface area (Å²) in [6.45, 7) is 8.78. The van der Waals surface area contributed by atoms with Gasteiger partial charge in [-0.15, -0.1) is 12.3 Å². The summed E-state index contributed by atoms with van der Waals surface area (Å²) in [5, 5.41) is 11.4. The van der Waals surface area contributed by atoms with E-state index in [1.54, 1.807) is 0 Å². The molecule has 0 aliphatic rings. The normalized spacial score (nSPS) is 11.0. The molecule has 0 saturated carbocycles. The molecule has 0 N–H and O–H groups in total. The first-order valence-electron chi connectivity index (χ1n) is 25.6. The second-order valence-electron chi connectivity index (χ2n) is 16.9. The van der Waals surface area contributed by atoms with Gasteiger partial charge in [-0.05, 0) is 40.5 Å². The first-order valence-corrected chi connectivity index (χ1v) is 32.7. The molecule has 0 saturated heterocycles. The van der Waals surface area contributed by atoms with Crippen molar-refractivity contribution in [3.05, 3.63) is 255 Å². The van der Waals surface area contributed by atoms with Crippen molar-refractivity contribution in [1.29, 1.82) is 0 Å². The molecule has 0 aliphatic heterocycles. The van der Waals surface area contributed by atoms with E-state index in [9.17, 15) is 0 Å². The zero-order valence-electron chi connectivity index (χ0n) is 42.9. The first kappa shape index (κ1) is 60.2. The predicted octanol–water partition coefficient (Wildman–Crippen LogP) is 15.2. The molecular formula is C64H74FeO3P5+. The van der Waals surface area contributed by atoms with Gasteiger partial charge in [-0.1, -0.05) is 320 Å². The molecule has 0 radical (unpaired) electrons. The number of unbranched alkanes of at least 4 members (excludes halogenated alkanes) is 3. The summed E-state index contributed by atoms with van der Waals surface area (Å²) < 4.78 is 16.9. The van der Waals surface area contributed by atoms with Gasteiger partial charge in [0.2, 0.25) is 0 Å². The van der Waals surface area contributed by atoms with Gasteiger partial charge >= 0.3 is 25.7 Å². The van der Waals surface area contributed by atoms with Crippen LogP contribution in [-0.4, -0.2) is 32.1 Å². The molecule has 8 aromatic carbocycles. The fraction of sp³-hybridized carbons (Fsp3) is 0.219. The molecule has 0 aromatic heterocycles. The third-order valence-electron chi connectivity index (χ3n) is 11.5. The molecule has 8 aromatic rings. The Morgan fingerprint density at radius 3 is 0.685 bits per heavy atom. The van der Waals surface area contributed by atoms with Gasteiger partial charge in [0, 0.05) is 0 Å². The Morgan fingerprint density at radius 1 is 0.301 bits per heavy atom. The van der Waals surface area contributed by atoms with Crippen LogP contribution >= 0.6 is 40.3 Å². The van der Waals surface area contributed by atoms with E-state index in [4.69, 9.17) is 13.6 Å². The van der Waals surface area contributed by atoms with Gasteiger partial charge in [-0.2, -0.15) is 13.6 Å². The third-order valence-corrected chi connectivity index (χ3v) is 22.6. The first-order chi connectivity index (χ1) is 35.7. The summed E-state index contributed by atoms with van der Waals surface area (Å²) in [5.74, 6) is 0. The van der Waals surface area contributed by atoms with Crippen LogP contribution in [0.2, 0.25) is 0 Å². The zero-order valence-corrected chi connectivity index (χ0v) is 48.6. The van der Waals surface area contributed by atoms with E-state index in [0.29, 0.717) is 0 Å². The predicted molar refractivity (Wildman–Crippen MR) is 326 cm³/mol. The fourth-order valence-electron chi connectivity index (χ4n) is 7.58. The van der Waals surface area contributed by atoms with Crippen LogP contribution < -0.4 is 42.4 Å². The van der Waals surface area contributed by atoms with Gasteiger partial charge in [0.25, 0.3) is 0 Å². The molecule has 9 heteroatoms. The molecule has 0 bridgehead atoms. The molecular weight excluding hydrogens is 1030 g/mol. The zero-order chi connectivity index (χ0) is 50.1. The topological polar surface area (TPSA) is 27.7 Å². The van der Waals surface area contributed by atoms with Crippen molar-refractivity contribution in [3.63, 3.8) is 0 Å². The van der Waals surface area contributed by atoms with E-state index in [2.05, 4.69) is 276 Å². The molecule has 3 nitrogen and oxygen atoms in total. The van der Waals surface area contributed by atoms with Crippen molar-refractivity contribution in [3.8, 4) is 0 Å². The molecule has 0 atom stereocenters. The summed E-state index contributed by atoms with van der Waals surface area (Å²) in [6.07, 6.45) is 14.0. The van der Waals surface area contributed by atoms with Crippen molar-refractivity contribution in [2.75, 3.05) is 32.1 Å². The van der Waals surface area contributed by atoms with E-state index in [0.717, 1.165) is 70.7 Å². The van der Waals surface area contributed by atoms with Crippen molar-refractivity contribution in [2.24, 2.45) is 0 Å². The standard InChI is InChI=1S/2C26H23P2.C12H28O3P.Fe/c2*1-5-13-23(14-6-1)27(24-15-7-2-8-16-24)21-22-28(25-17-9-3-10-18-25)26-19-11-4-12-20-26;1-4-7-10-13-16(14-11-8-5-2)15-12-9-6-3;/h2*1-21H,22H2;16H,4-12H2,1-3H3;/q2*-1;+1;+2. The molecule has 380 valence electrons. The van der Waals surface area contributed by atoms with Crippen molar-refractivity contribution in [2.45, 2.75) is 59.3 Å². The summed E-state index contributed by atoms with van der Waals surface area (Å²) in [5.41, 5.74) is 0. The average Bonchev–Trinajstić information content (AvgIpc) is 3.45. The molecule has 8 rings (SSSR count). The summed E-state index contributed by atoms with van der Waals surface area (Å²) >= 11 is 0. The van der Waals surface area contributed by atoms with E-state index >= 15 is 0 Å². The molecule has 0 amide bonds. The Balaban J connectivity index is 0.000000211. The van der Waals surface area contributed by atoms with Gasteiger partial charge in [0.05, 0.1) is 19.8 Å². The molecule has 0 aliphatic carbocycles. The van der Waals surface area contributed by atoms with Crippen LogP contribution in [-0.2, 0) is 30.6 Å². The van der Waals surface area contributed by atoms with E-state index in [-0.39, 0.29) is 17.1 Å². The maximum atomic E-state index is 5.63. The molecule has 0 unspecified atom stereocenters. The van der Waals surface area contributed by atoms with Crippen molar-refractivity contribution < 1.29 is 30.6 Å². The largest absolute Gasteiger partial charge is 2.00 e. The van der Waals surface area contributed by atoms with Crippen LogP contribution in [0.1, 0.15) is 59.3 Å². The van der Waals surface area contributed by atoms with Gasteiger partial charge in [0.1, 0.15) is 0 Å². The molecule has 0 fully saturated rings. The maximum absolute atomic E-state index is 5.63. The molecule has 73 heavy (non-hydrogen) atoms. The number of hydrogen-bond donors (Lipinski definition) is 0. The number of rotatable bonds is 26. The molecule has 0 spiro atoms. The number of hydrogen-bond acceptors (Lipinski definition) is 3. The Morgan fingerprint density at radius 2 is 0.493 bits per heavy atom. The van der Waals surface area contributed by atoms with Gasteiger partial charge in [0.15, 0.2) is 0 Å². The summed E-state index contributed by atoms with van der Waals surface area (Å²) in [4.78, 5) is 0. The van der Waals surface area contributed by atoms with Gasteiger partial charge < -0.3 is 0 Å². The third kappa shape index (κ3) is 21.8. The van der Waals surface area contributed by atoms with Crippen molar-refractivity contribution in [1.82, 2.24) is 0 Å². The van der Waals surface area contributed by atoms with E-state index in [1.807, 2.05) is 0 Å². The minimum absolute atomic E-state index is 0.